The van der Waals surface area contributed by atoms with Crippen molar-refractivity contribution < 1.29 is 17.9 Å². The Bertz CT molecular complexity index is 616. The lowest BCUT2D eigenvalue weighted by Crippen LogP contribution is -2.03. The number of nitrogens with one attached hydrogen (secondary N) is 1. The van der Waals surface area contributed by atoms with Crippen LogP contribution in [0.3, 0.4) is 0 Å². The van der Waals surface area contributed by atoms with Gasteiger partial charge in [0.05, 0.1) is 12.3 Å². The first-order chi connectivity index (χ1) is 9.49. The van der Waals surface area contributed by atoms with Crippen LogP contribution in [0.5, 0.6) is 0 Å². The maximum absolute atomic E-state index is 13.1. The van der Waals surface area contributed by atoms with Crippen LogP contribution in [-0.2, 0) is 11.3 Å². The minimum Gasteiger partial charge on any atom is -0.378 e. The highest BCUT2D eigenvalue weighted by molar-refractivity contribution is 6.29. The summed E-state index contributed by atoms with van der Waals surface area (Å²) in [5, 5.41) is 2.68. The third kappa shape index (κ3) is 3.37. The minimum absolute atomic E-state index is 0.0231. The fourth-order valence-electron chi connectivity index (χ4n) is 1.50. The molecule has 0 saturated heterocycles. The molecule has 1 heterocycles. The van der Waals surface area contributed by atoms with Gasteiger partial charge in [0.15, 0.2) is 17.5 Å². The third-order valence-corrected chi connectivity index (χ3v) is 2.47. The molecule has 0 atom stereocenters. The van der Waals surface area contributed by atoms with Crippen LogP contribution in [0.2, 0.25) is 5.15 Å². The molecule has 0 aliphatic rings. The molecule has 0 amide bonds. The van der Waals surface area contributed by atoms with Crippen LogP contribution >= 0.6 is 11.6 Å². The monoisotopic (exact) mass is 303 g/mol. The molecule has 2 aromatic rings. The molecule has 2 rings (SSSR count). The first-order valence-electron chi connectivity index (χ1n) is 5.43. The van der Waals surface area contributed by atoms with Crippen molar-refractivity contribution in [2.75, 3.05) is 12.4 Å². The second-order valence-corrected chi connectivity index (χ2v) is 4.20. The smallest absolute Gasteiger partial charge is 0.228 e. The summed E-state index contributed by atoms with van der Waals surface area (Å²) in [5.41, 5.74) is 0.449. The van der Waals surface area contributed by atoms with Gasteiger partial charge in [-0.3, -0.25) is 0 Å². The van der Waals surface area contributed by atoms with Crippen molar-refractivity contribution in [3.63, 3.8) is 0 Å². The number of aromatic nitrogens is 2. The van der Waals surface area contributed by atoms with Gasteiger partial charge in [0.2, 0.25) is 5.95 Å². The van der Waals surface area contributed by atoms with Gasteiger partial charge in [-0.1, -0.05) is 11.6 Å². The van der Waals surface area contributed by atoms with Crippen LogP contribution in [0.15, 0.2) is 18.2 Å². The molecule has 1 aromatic carbocycles. The molecule has 20 heavy (non-hydrogen) atoms. The van der Waals surface area contributed by atoms with E-state index in [1.807, 2.05) is 0 Å². The van der Waals surface area contributed by atoms with Crippen LogP contribution in [0.1, 0.15) is 5.69 Å². The Kier molecular flexibility index (Phi) is 4.41. The molecule has 0 saturated carbocycles. The van der Waals surface area contributed by atoms with E-state index >= 15 is 0 Å². The predicted molar refractivity (Wildman–Crippen MR) is 67.4 cm³/mol. The highest BCUT2D eigenvalue weighted by Crippen LogP contribution is 2.21. The number of methoxy groups -OCH3 is 1. The second kappa shape index (κ2) is 6.06. The summed E-state index contributed by atoms with van der Waals surface area (Å²) in [4.78, 5) is 7.87. The highest BCUT2D eigenvalue weighted by Gasteiger charge is 2.11. The normalized spacial score (nSPS) is 10.7. The number of anilines is 2. The number of rotatable bonds is 4. The zero-order chi connectivity index (χ0) is 14.7. The van der Waals surface area contributed by atoms with E-state index in [4.69, 9.17) is 16.3 Å². The molecule has 0 aliphatic carbocycles. The quantitative estimate of drug-likeness (QED) is 0.694. The minimum atomic E-state index is -1.54. The van der Waals surface area contributed by atoms with Crippen molar-refractivity contribution in [1.29, 1.82) is 0 Å². The van der Waals surface area contributed by atoms with Crippen LogP contribution < -0.4 is 5.32 Å². The van der Waals surface area contributed by atoms with Gasteiger partial charge in [0, 0.05) is 24.9 Å². The number of ether oxygens (including phenoxy) is 1. The van der Waals surface area contributed by atoms with Gasteiger partial charge < -0.3 is 10.1 Å². The fraction of sp³-hybridized carbons (Fsp3) is 0.167. The van der Waals surface area contributed by atoms with Gasteiger partial charge in [-0.2, -0.15) is 0 Å². The SMILES string of the molecule is COCc1cc(Cl)nc(Nc2cc(F)c(F)c(F)c2)n1. The van der Waals surface area contributed by atoms with Crippen LogP contribution in [0.25, 0.3) is 0 Å². The van der Waals surface area contributed by atoms with Gasteiger partial charge in [-0.05, 0) is 6.07 Å². The predicted octanol–water partition coefficient (Wildman–Crippen LogP) is 3.44. The first-order valence-corrected chi connectivity index (χ1v) is 5.81. The Morgan fingerprint density at radius 1 is 1.15 bits per heavy atom. The average Bonchev–Trinajstić information content (AvgIpc) is 2.35. The summed E-state index contributed by atoms with van der Waals surface area (Å²) >= 11 is 5.78. The number of hydrogen-bond acceptors (Lipinski definition) is 4. The van der Waals surface area contributed by atoms with E-state index in [0.717, 1.165) is 12.1 Å². The number of halogens is 4. The van der Waals surface area contributed by atoms with E-state index < -0.39 is 17.5 Å². The van der Waals surface area contributed by atoms with Gasteiger partial charge in [0.25, 0.3) is 0 Å². The molecular formula is C12H9ClF3N3O. The Morgan fingerprint density at radius 2 is 1.80 bits per heavy atom. The summed E-state index contributed by atoms with van der Waals surface area (Å²) in [6.07, 6.45) is 0. The lowest BCUT2D eigenvalue weighted by molar-refractivity contribution is 0.181. The number of benzene rings is 1. The highest BCUT2D eigenvalue weighted by atomic mass is 35.5. The molecule has 0 unspecified atom stereocenters. The van der Waals surface area contributed by atoms with Crippen molar-refractivity contribution in [1.82, 2.24) is 9.97 Å². The molecule has 4 nitrogen and oxygen atoms in total. The van der Waals surface area contributed by atoms with Crippen molar-refractivity contribution in [2.45, 2.75) is 6.61 Å². The van der Waals surface area contributed by atoms with Crippen molar-refractivity contribution in [3.8, 4) is 0 Å². The van der Waals surface area contributed by atoms with Crippen LogP contribution in [0.4, 0.5) is 24.8 Å². The van der Waals surface area contributed by atoms with E-state index in [-0.39, 0.29) is 23.4 Å². The van der Waals surface area contributed by atoms with Gasteiger partial charge >= 0.3 is 0 Å². The van der Waals surface area contributed by atoms with Crippen molar-refractivity contribution >= 4 is 23.2 Å². The second-order valence-electron chi connectivity index (χ2n) is 3.82. The molecule has 0 bridgehead atoms. The van der Waals surface area contributed by atoms with Gasteiger partial charge in [-0.15, -0.1) is 0 Å². The Balaban J connectivity index is 2.30. The molecule has 8 heteroatoms. The number of nitrogens with zero attached hydrogens (tertiary/aromatic N) is 2. The summed E-state index contributed by atoms with van der Waals surface area (Å²) in [7, 11) is 1.48. The molecular weight excluding hydrogens is 295 g/mol. The van der Waals surface area contributed by atoms with E-state index in [1.165, 1.54) is 13.2 Å². The summed E-state index contributed by atoms with van der Waals surface area (Å²) in [5.74, 6) is -4.14. The topological polar surface area (TPSA) is 47.0 Å². The van der Waals surface area contributed by atoms with E-state index in [1.54, 1.807) is 0 Å². The number of hydrogen-bond donors (Lipinski definition) is 1. The van der Waals surface area contributed by atoms with Crippen LogP contribution in [-0.4, -0.2) is 17.1 Å². The molecule has 0 spiro atoms. The molecule has 1 aromatic heterocycles. The lowest BCUT2D eigenvalue weighted by atomic mass is 10.3. The van der Waals surface area contributed by atoms with Crippen molar-refractivity contribution in [2.24, 2.45) is 0 Å². The molecule has 1 N–H and O–H groups in total. The Labute approximate surface area is 117 Å². The van der Waals surface area contributed by atoms with Crippen LogP contribution in [0, 0.1) is 17.5 Å². The summed E-state index contributed by atoms with van der Waals surface area (Å²) in [6.45, 7) is 0.197. The Morgan fingerprint density at radius 3 is 2.40 bits per heavy atom. The third-order valence-electron chi connectivity index (χ3n) is 2.28. The first kappa shape index (κ1) is 14.5. The molecule has 0 fully saturated rings. The van der Waals surface area contributed by atoms with Gasteiger partial charge in [-0.25, -0.2) is 23.1 Å². The molecule has 106 valence electrons. The standard InChI is InChI=1S/C12H9ClF3N3O/c1-20-5-7-4-10(13)19-12(18-7)17-6-2-8(14)11(16)9(15)3-6/h2-4H,5H2,1H3,(H,17,18,19). The largest absolute Gasteiger partial charge is 0.378 e. The summed E-state index contributed by atoms with van der Waals surface area (Å²) < 4.78 is 43.9. The van der Waals surface area contributed by atoms with E-state index in [0.29, 0.717) is 5.69 Å². The zero-order valence-corrected chi connectivity index (χ0v) is 11.0. The lowest BCUT2D eigenvalue weighted by Gasteiger charge is -2.08. The molecule has 0 radical (unpaired) electrons. The maximum atomic E-state index is 13.1. The average molecular weight is 304 g/mol. The fourth-order valence-corrected chi connectivity index (χ4v) is 1.70. The van der Waals surface area contributed by atoms with Crippen molar-refractivity contribution in [3.05, 3.63) is 46.5 Å². The van der Waals surface area contributed by atoms with E-state index in [9.17, 15) is 13.2 Å². The summed E-state index contributed by atoms with van der Waals surface area (Å²) in [6, 6.07) is 3.07. The Hall–Kier alpha value is -1.86. The maximum Gasteiger partial charge on any atom is 0.228 e. The van der Waals surface area contributed by atoms with Gasteiger partial charge in [0.1, 0.15) is 5.15 Å². The molecule has 0 aliphatic heterocycles. The zero-order valence-electron chi connectivity index (χ0n) is 10.3. The van der Waals surface area contributed by atoms with E-state index in [2.05, 4.69) is 15.3 Å².